The average molecular weight is 394 g/mol. The van der Waals surface area contributed by atoms with Crippen molar-refractivity contribution in [1.29, 1.82) is 0 Å². The van der Waals surface area contributed by atoms with Gasteiger partial charge in [0.15, 0.2) is 0 Å². The van der Waals surface area contributed by atoms with Crippen LogP contribution in [-0.2, 0) is 9.59 Å². The maximum Gasteiger partial charge on any atom is 0.306 e. The standard InChI is InChI=1S/C22H39N3O3/c1-21(2)14-16(15-22(3,4)23-21)13-19(26)25-11-7-18(8-12-25)24-9-5-17(6-10-24)20(27)28/h16-18,23H,5-15H2,1-4H3,(H,27,28). The highest BCUT2D eigenvalue weighted by molar-refractivity contribution is 5.76. The van der Waals surface area contributed by atoms with E-state index in [1.807, 2.05) is 0 Å². The number of carboxylic acid groups (broad SMARTS) is 1. The number of nitrogens with one attached hydrogen (secondary N) is 1. The Labute approximate surface area is 170 Å². The van der Waals surface area contributed by atoms with Crippen molar-refractivity contribution in [2.45, 2.75) is 89.8 Å². The van der Waals surface area contributed by atoms with E-state index in [0.717, 1.165) is 64.7 Å². The molecule has 0 aromatic rings. The van der Waals surface area contributed by atoms with Gasteiger partial charge in [0.25, 0.3) is 0 Å². The van der Waals surface area contributed by atoms with Gasteiger partial charge in [-0.3, -0.25) is 9.59 Å². The summed E-state index contributed by atoms with van der Waals surface area (Å²) in [6.45, 7) is 12.4. The van der Waals surface area contributed by atoms with Crippen molar-refractivity contribution in [1.82, 2.24) is 15.1 Å². The van der Waals surface area contributed by atoms with Crippen LogP contribution in [0.1, 0.15) is 72.6 Å². The third kappa shape index (κ3) is 5.47. The van der Waals surface area contributed by atoms with Crippen LogP contribution >= 0.6 is 0 Å². The first-order chi connectivity index (χ1) is 13.0. The summed E-state index contributed by atoms with van der Waals surface area (Å²) in [5.74, 6) is -0.0474. The van der Waals surface area contributed by atoms with Crippen molar-refractivity contribution < 1.29 is 14.7 Å². The Balaban J connectivity index is 1.45. The first-order valence-corrected chi connectivity index (χ1v) is 11.1. The molecule has 3 fully saturated rings. The van der Waals surface area contributed by atoms with Crippen LogP contribution in [0.5, 0.6) is 0 Å². The Hall–Kier alpha value is -1.14. The molecular weight excluding hydrogens is 354 g/mol. The Kier molecular flexibility index (Phi) is 6.40. The molecule has 1 amide bonds. The van der Waals surface area contributed by atoms with Crippen LogP contribution in [0.15, 0.2) is 0 Å². The molecule has 0 bridgehead atoms. The fourth-order valence-electron chi connectivity index (χ4n) is 6.05. The molecule has 3 rings (SSSR count). The highest BCUT2D eigenvalue weighted by Crippen LogP contribution is 2.35. The van der Waals surface area contributed by atoms with Gasteiger partial charge in [-0.1, -0.05) is 0 Å². The summed E-state index contributed by atoms with van der Waals surface area (Å²) in [4.78, 5) is 28.6. The van der Waals surface area contributed by atoms with E-state index in [1.54, 1.807) is 0 Å². The molecule has 3 aliphatic rings. The number of carboxylic acids is 1. The van der Waals surface area contributed by atoms with Gasteiger partial charge in [-0.25, -0.2) is 0 Å². The van der Waals surface area contributed by atoms with Crippen LogP contribution in [0.3, 0.4) is 0 Å². The Morgan fingerprint density at radius 1 is 0.929 bits per heavy atom. The molecule has 0 aliphatic carbocycles. The third-order valence-electron chi connectivity index (χ3n) is 6.95. The maximum atomic E-state index is 12.9. The number of rotatable bonds is 4. The van der Waals surface area contributed by atoms with Gasteiger partial charge in [-0.2, -0.15) is 0 Å². The number of hydrogen-bond donors (Lipinski definition) is 2. The summed E-state index contributed by atoms with van der Waals surface area (Å²) in [6.07, 6.45) is 6.34. The average Bonchev–Trinajstić information content (AvgIpc) is 2.59. The number of hydrogen-bond acceptors (Lipinski definition) is 4. The second-order valence-corrected chi connectivity index (χ2v) is 10.6. The van der Waals surface area contributed by atoms with Crippen LogP contribution in [0, 0.1) is 11.8 Å². The molecule has 0 spiro atoms. The zero-order chi connectivity index (χ0) is 20.5. The molecule has 0 atom stereocenters. The number of piperidine rings is 3. The van der Waals surface area contributed by atoms with Crippen LogP contribution in [0.2, 0.25) is 0 Å². The molecular formula is C22H39N3O3. The molecule has 0 unspecified atom stereocenters. The zero-order valence-electron chi connectivity index (χ0n) is 18.2. The first kappa shape index (κ1) is 21.6. The lowest BCUT2D eigenvalue weighted by Crippen LogP contribution is -2.58. The summed E-state index contributed by atoms with van der Waals surface area (Å²) >= 11 is 0. The Bertz CT molecular complexity index is 558. The lowest BCUT2D eigenvalue weighted by Gasteiger charge is -2.47. The van der Waals surface area contributed by atoms with E-state index >= 15 is 0 Å². The molecule has 3 heterocycles. The van der Waals surface area contributed by atoms with E-state index in [2.05, 4.69) is 42.8 Å². The van der Waals surface area contributed by atoms with Crippen LogP contribution in [0.25, 0.3) is 0 Å². The second-order valence-electron chi connectivity index (χ2n) is 10.6. The van der Waals surface area contributed by atoms with E-state index < -0.39 is 5.97 Å². The summed E-state index contributed by atoms with van der Waals surface area (Å²) in [7, 11) is 0. The highest BCUT2D eigenvalue weighted by atomic mass is 16.4. The topological polar surface area (TPSA) is 72.9 Å². The van der Waals surface area contributed by atoms with Crippen LogP contribution in [0.4, 0.5) is 0 Å². The summed E-state index contributed by atoms with van der Waals surface area (Å²) in [6, 6.07) is 0.510. The van der Waals surface area contributed by atoms with Crippen molar-refractivity contribution >= 4 is 11.9 Å². The molecule has 0 aromatic heterocycles. The van der Waals surface area contributed by atoms with E-state index in [1.165, 1.54) is 0 Å². The predicted octanol–water partition coefficient (Wildman–Crippen LogP) is 2.72. The molecule has 3 aliphatic heterocycles. The van der Waals surface area contributed by atoms with Gasteiger partial charge >= 0.3 is 5.97 Å². The smallest absolute Gasteiger partial charge is 0.306 e. The van der Waals surface area contributed by atoms with E-state index in [4.69, 9.17) is 5.11 Å². The molecule has 28 heavy (non-hydrogen) atoms. The van der Waals surface area contributed by atoms with Gasteiger partial charge in [0.1, 0.15) is 0 Å². The minimum Gasteiger partial charge on any atom is -0.481 e. The molecule has 6 heteroatoms. The molecule has 3 saturated heterocycles. The van der Waals surface area contributed by atoms with Crippen molar-refractivity contribution in [3.05, 3.63) is 0 Å². The van der Waals surface area contributed by atoms with Gasteiger partial charge < -0.3 is 20.2 Å². The van der Waals surface area contributed by atoms with Crippen molar-refractivity contribution in [3.8, 4) is 0 Å². The SMILES string of the molecule is CC1(C)CC(CC(=O)N2CCC(N3CCC(C(=O)O)CC3)CC2)CC(C)(C)N1. The Morgan fingerprint density at radius 2 is 1.46 bits per heavy atom. The van der Waals surface area contributed by atoms with Crippen molar-refractivity contribution in [2.24, 2.45) is 11.8 Å². The third-order valence-corrected chi connectivity index (χ3v) is 6.95. The molecule has 160 valence electrons. The highest BCUT2D eigenvalue weighted by Gasteiger charge is 2.39. The maximum absolute atomic E-state index is 12.9. The summed E-state index contributed by atoms with van der Waals surface area (Å²) < 4.78 is 0. The fraction of sp³-hybridized carbons (Fsp3) is 0.909. The molecule has 0 aromatic carbocycles. The van der Waals surface area contributed by atoms with Crippen LogP contribution in [-0.4, -0.2) is 70.1 Å². The number of aliphatic carboxylic acids is 1. The van der Waals surface area contributed by atoms with Gasteiger partial charge in [0, 0.05) is 36.6 Å². The van der Waals surface area contributed by atoms with Crippen LogP contribution < -0.4 is 5.32 Å². The van der Waals surface area contributed by atoms with E-state index in [-0.39, 0.29) is 17.0 Å². The van der Waals surface area contributed by atoms with Gasteiger partial charge in [-0.15, -0.1) is 0 Å². The molecule has 0 saturated carbocycles. The lowest BCUT2D eigenvalue weighted by molar-refractivity contribution is -0.144. The number of amides is 1. The normalized spacial score (nSPS) is 27.6. The molecule has 0 radical (unpaired) electrons. The largest absolute Gasteiger partial charge is 0.481 e. The van der Waals surface area contributed by atoms with Gasteiger partial charge in [0.05, 0.1) is 5.92 Å². The quantitative estimate of drug-likeness (QED) is 0.768. The monoisotopic (exact) mass is 393 g/mol. The number of nitrogens with zero attached hydrogens (tertiary/aromatic N) is 2. The van der Waals surface area contributed by atoms with E-state index in [0.29, 0.717) is 24.3 Å². The Morgan fingerprint density at radius 3 is 1.96 bits per heavy atom. The van der Waals surface area contributed by atoms with Gasteiger partial charge in [0.2, 0.25) is 5.91 Å². The predicted molar refractivity (Wildman–Crippen MR) is 110 cm³/mol. The van der Waals surface area contributed by atoms with Crippen molar-refractivity contribution in [3.63, 3.8) is 0 Å². The minimum atomic E-state index is -0.649. The lowest BCUT2D eigenvalue weighted by atomic mass is 9.74. The number of carbonyl (C=O) groups excluding carboxylic acids is 1. The second kappa shape index (κ2) is 8.31. The number of likely N-dealkylation sites (tertiary alicyclic amines) is 2. The summed E-state index contributed by atoms with van der Waals surface area (Å²) in [5, 5.41) is 12.9. The fourth-order valence-corrected chi connectivity index (χ4v) is 6.05. The number of carbonyl (C=O) groups is 2. The molecule has 6 nitrogen and oxygen atoms in total. The van der Waals surface area contributed by atoms with E-state index in [9.17, 15) is 9.59 Å². The first-order valence-electron chi connectivity index (χ1n) is 11.1. The van der Waals surface area contributed by atoms with Crippen molar-refractivity contribution in [2.75, 3.05) is 26.2 Å². The minimum absolute atomic E-state index is 0.0851. The zero-order valence-corrected chi connectivity index (χ0v) is 18.2. The summed E-state index contributed by atoms with van der Waals surface area (Å²) in [5.41, 5.74) is 0.170. The van der Waals surface area contributed by atoms with Gasteiger partial charge in [-0.05, 0) is 85.2 Å². The molecule has 2 N–H and O–H groups in total.